The lowest BCUT2D eigenvalue weighted by Gasteiger charge is -2.35. The van der Waals surface area contributed by atoms with Gasteiger partial charge in [0.1, 0.15) is 0 Å². The molecular weight excluding hydrogens is 368 g/mol. The van der Waals surface area contributed by atoms with E-state index in [0.29, 0.717) is 5.69 Å². The maximum absolute atomic E-state index is 12.4. The molecule has 0 aliphatic carbocycles. The fourth-order valence-corrected chi connectivity index (χ4v) is 3.34. The van der Waals surface area contributed by atoms with Crippen LogP contribution in [0.3, 0.4) is 0 Å². The lowest BCUT2D eigenvalue weighted by atomic mass is 10.1. The van der Waals surface area contributed by atoms with Crippen molar-refractivity contribution < 1.29 is 9.72 Å². The highest BCUT2D eigenvalue weighted by Crippen LogP contribution is 2.24. The lowest BCUT2D eigenvalue weighted by Crippen LogP contribution is -2.46. The van der Waals surface area contributed by atoms with Crippen LogP contribution in [-0.4, -0.2) is 48.5 Å². The van der Waals surface area contributed by atoms with E-state index in [1.807, 2.05) is 24.3 Å². The van der Waals surface area contributed by atoms with Crippen LogP contribution in [0.1, 0.15) is 17.3 Å². The minimum absolute atomic E-state index is 0.0483. The Balaban J connectivity index is 1.64. The molecule has 0 spiro atoms. The summed E-state index contributed by atoms with van der Waals surface area (Å²) in [5.41, 5.74) is 1.81. The summed E-state index contributed by atoms with van der Waals surface area (Å²) in [5, 5.41) is 13.6. The number of hydrogen-bond donors (Lipinski definition) is 1. The summed E-state index contributed by atoms with van der Waals surface area (Å²) in [6.07, 6.45) is 0. The summed E-state index contributed by atoms with van der Waals surface area (Å²) < 4.78 is 0. The number of nitrogens with zero attached hydrogens (tertiary/aromatic N) is 3. The summed E-state index contributed by atoms with van der Waals surface area (Å²) in [6.45, 7) is 7.31. The number of carbonyl (C=O) groups excluding carboxylic acids is 1. The van der Waals surface area contributed by atoms with E-state index in [-0.39, 0.29) is 16.3 Å². The number of non-ortho nitro benzene ring substituents is 1. The van der Waals surface area contributed by atoms with Crippen molar-refractivity contribution in [1.82, 2.24) is 4.90 Å². The second kappa shape index (κ2) is 8.37. The van der Waals surface area contributed by atoms with Gasteiger partial charge in [0, 0.05) is 49.7 Å². The molecule has 1 N–H and O–H groups in total. The van der Waals surface area contributed by atoms with Gasteiger partial charge in [-0.2, -0.15) is 0 Å². The number of nitro benzene ring substituents is 1. The molecule has 2 aromatic carbocycles. The van der Waals surface area contributed by atoms with Gasteiger partial charge in [-0.3, -0.25) is 14.9 Å². The molecule has 142 valence electrons. The third-order valence-electron chi connectivity index (χ3n) is 4.72. The van der Waals surface area contributed by atoms with Crippen molar-refractivity contribution in [2.24, 2.45) is 0 Å². The number of carbonyl (C=O) groups is 1. The van der Waals surface area contributed by atoms with Crippen LogP contribution >= 0.6 is 11.6 Å². The van der Waals surface area contributed by atoms with Crippen LogP contribution in [0.4, 0.5) is 17.1 Å². The third-order valence-corrected chi connectivity index (χ3v) is 5.03. The maximum Gasteiger partial charge on any atom is 0.270 e. The summed E-state index contributed by atoms with van der Waals surface area (Å²) in [4.78, 5) is 27.3. The van der Waals surface area contributed by atoms with Gasteiger partial charge in [-0.25, -0.2) is 0 Å². The average molecular weight is 389 g/mol. The standard InChI is InChI=1S/C19H21ClN4O3/c1-2-22-9-11-23(12-10-22)15-5-3-14(4-6-15)21-19(25)17-8-7-16(24(26)27)13-18(17)20/h3-8,13H,2,9-12H2,1H3,(H,21,25). The van der Waals surface area contributed by atoms with E-state index in [1.165, 1.54) is 18.2 Å². The van der Waals surface area contributed by atoms with Gasteiger partial charge in [0.15, 0.2) is 0 Å². The van der Waals surface area contributed by atoms with E-state index in [1.54, 1.807) is 0 Å². The Labute approximate surface area is 162 Å². The van der Waals surface area contributed by atoms with Crippen LogP contribution in [-0.2, 0) is 0 Å². The molecule has 0 radical (unpaired) electrons. The summed E-state index contributed by atoms with van der Waals surface area (Å²) >= 11 is 6.01. The normalized spacial score (nSPS) is 14.8. The molecular formula is C19H21ClN4O3. The first-order valence-corrected chi connectivity index (χ1v) is 9.18. The number of nitro groups is 1. The molecule has 0 atom stereocenters. The molecule has 8 heteroatoms. The van der Waals surface area contributed by atoms with E-state index in [4.69, 9.17) is 11.6 Å². The largest absolute Gasteiger partial charge is 0.369 e. The molecule has 27 heavy (non-hydrogen) atoms. The zero-order valence-electron chi connectivity index (χ0n) is 15.0. The molecule has 1 aliphatic heterocycles. The zero-order valence-corrected chi connectivity index (χ0v) is 15.8. The Morgan fingerprint density at radius 1 is 1.15 bits per heavy atom. The van der Waals surface area contributed by atoms with Gasteiger partial charge in [0.2, 0.25) is 0 Å². The van der Waals surface area contributed by atoms with E-state index >= 15 is 0 Å². The molecule has 2 aromatic rings. The Morgan fingerprint density at radius 3 is 2.37 bits per heavy atom. The van der Waals surface area contributed by atoms with Gasteiger partial charge in [-0.15, -0.1) is 0 Å². The van der Waals surface area contributed by atoms with Crippen molar-refractivity contribution in [3.63, 3.8) is 0 Å². The minimum atomic E-state index is -0.549. The summed E-state index contributed by atoms with van der Waals surface area (Å²) in [5.74, 6) is -0.404. The molecule has 3 rings (SSSR count). The first kappa shape index (κ1) is 19.1. The molecule has 1 amide bonds. The highest BCUT2D eigenvalue weighted by molar-refractivity contribution is 6.34. The van der Waals surface area contributed by atoms with Crippen LogP contribution in [0, 0.1) is 10.1 Å². The second-order valence-electron chi connectivity index (χ2n) is 6.34. The van der Waals surface area contributed by atoms with Gasteiger partial charge >= 0.3 is 0 Å². The topological polar surface area (TPSA) is 78.7 Å². The first-order chi connectivity index (χ1) is 13.0. The number of anilines is 2. The van der Waals surface area contributed by atoms with Crippen molar-refractivity contribution in [2.75, 3.05) is 42.9 Å². The van der Waals surface area contributed by atoms with E-state index < -0.39 is 10.8 Å². The van der Waals surface area contributed by atoms with Crippen LogP contribution < -0.4 is 10.2 Å². The first-order valence-electron chi connectivity index (χ1n) is 8.80. The molecule has 1 heterocycles. The fraction of sp³-hybridized carbons (Fsp3) is 0.316. The molecule has 0 saturated carbocycles. The highest BCUT2D eigenvalue weighted by atomic mass is 35.5. The lowest BCUT2D eigenvalue weighted by molar-refractivity contribution is -0.384. The van der Waals surface area contributed by atoms with Crippen LogP contribution in [0.5, 0.6) is 0 Å². The Bertz CT molecular complexity index is 833. The smallest absolute Gasteiger partial charge is 0.270 e. The van der Waals surface area contributed by atoms with Crippen molar-refractivity contribution in [3.05, 3.63) is 63.2 Å². The molecule has 0 aromatic heterocycles. The van der Waals surface area contributed by atoms with Gasteiger partial charge in [-0.1, -0.05) is 18.5 Å². The number of likely N-dealkylation sites (N-methyl/N-ethyl adjacent to an activating group) is 1. The molecule has 0 bridgehead atoms. The number of hydrogen-bond acceptors (Lipinski definition) is 5. The predicted molar refractivity (Wildman–Crippen MR) is 107 cm³/mol. The number of nitrogens with one attached hydrogen (secondary N) is 1. The van der Waals surface area contributed by atoms with Crippen LogP contribution in [0.15, 0.2) is 42.5 Å². The van der Waals surface area contributed by atoms with Gasteiger partial charge < -0.3 is 15.1 Å². The monoisotopic (exact) mass is 388 g/mol. The van der Waals surface area contributed by atoms with Crippen molar-refractivity contribution >= 4 is 34.6 Å². The predicted octanol–water partition coefficient (Wildman–Crippen LogP) is 3.64. The third kappa shape index (κ3) is 4.56. The SMILES string of the molecule is CCN1CCN(c2ccc(NC(=O)c3ccc([N+](=O)[O-])cc3Cl)cc2)CC1. The van der Waals surface area contributed by atoms with Crippen molar-refractivity contribution in [3.8, 4) is 0 Å². The number of piperazine rings is 1. The average Bonchev–Trinajstić information content (AvgIpc) is 2.68. The van der Waals surface area contributed by atoms with E-state index in [9.17, 15) is 14.9 Å². The van der Waals surface area contributed by atoms with Crippen molar-refractivity contribution in [1.29, 1.82) is 0 Å². The number of halogens is 1. The maximum atomic E-state index is 12.4. The zero-order chi connectivity index (χ0) is 19.4. The Kier molecular flexibility index (Phi) is 5.93. The molecule has 7 nitrogen and oxygen atoms in total. The highest BCUT2D eigenvalue weighted by Gasteiger charge is 2.17. The quantitative estimate of drug-likeness (QED) is 0.624. The minimum Gasteiger partial charge on any atom is -0.369 e. The molecule has 1 aliphatic rings. The fourth-order valence-electron chi connectivity index (χ4n) is 3.08. The van der Waals surface area contributed by atoms with Gasteiger partial charge in [0.05, 0.1) is 15.5 Å². The number of amides is 1. The molecule has 1 saturated heterocycles. The number of rotatable bonds is 5. The van der Waals surface area contributed by atoms with Gasteiger partial charge in [0.25, 0.3) is 11.6 Å². The summed E-state index contributed by atoms with van der Waals surface area (Å²) in [6, 6.07) is 11.5. The van der Waals surface area contributed by atoms with Crippen molar-refractivity contribution in [2.45, 2.75) is 6.92 Å². The second-order valence-corrected chi connectivity index (χ2v) is 6.75. The van der Waals surface area contributed by atoms with E-state index in [2.05, 4.69) is 22.0 Å². The van der Waals surface area contributed by atoms with Gasteiger partial charge in [-0.05, 0) is 36.9 Å². The molecule has 0 unspecified atom stereocenters. The Morgan fingerprint density at radius 2 is 1.81 bits per heavy atom. The Hall–Kier alpha value is -2.64. The van der Waals surface area contributed by atoms with Crippen LogP contribution in [0.25, 0.3) is 0 Å². The summed E-state index contributed by atoms with van der Waals surface area (Å²) in [7, 11) is 0. The van der Waals surface area contributed by atoms with E-state index in [0.717, 1.165) is 38.4 Å². The number of benzene rings is 2. The van der Waals surface area contributed by atoms with Crippen LogP contribution in [0.2, 0.25) is 5.02 Å². The molecule has 1 fully saturated rings.